The van der Waals surface area contributed by atoms with Crippen molar-refractivity contribution in [2.45, 2.75) is 39.0 Å². The zero-order valence-electron chi connectivity index (χ0n) is 8.75. The van der Waals surface area contributed by atoms with E-state index in [-0.39, 0.29) is 12.4 Å². The number of rotatable bonds is 6. The minimum Gasteiger partial charge on any atom is -0.392 e. The molecule has 0 radical (unpaired) electrons. The fourth-order valence-corrected chi connectivity index (χ4v) is 0.896. The Labute approximate surface area is 86.0 Å². The van der Waals surface area contributed by atoms with Crippen molar-refractivity contribution in [3.8, 4) is 11.8 Å². The number of aliphatic hydroxyl groups excluding tert-OH is 1. The lowest BCUT2D eigenvalue weighted by atomic mass is 10.2. The SMILES string of the molecule is CCCCC#CC(=O)CC/C=C\CO. The van der Waals surface area contributed by atoms with Crippen LogP contribution in [0.25, 0.3) is 0 Å². The van der Waals surface area contributed by atoms with Crippen molar-refractivity contribution in [2.75, 3.05) is 6.61 Å². The number of ketones is 1. The highest BCUT2D eigenvalue weighted by atomic mass is 16.2. The van der Waals surface area contributed by atoms with E-state index in [0.29, 0.717) is 12.8 Å². The van der Waals surface area contributed by atoms with Crippen molar-refractivity contribution in [3.05, 3.63) is 12.2 Å². The van der Waals surface area contributed by atoms with E-state index < -0.39 is 0 Å². The van der Waals surface area contributed by atoms with E-state index in [9.17, 15) is 4.79 Å². The van der Waals surface area contributed by atoms with Gasteiger partial charge in [0.15, 0.2) is 0 Å². The summed E-state index contributed by atoms with van der Waals surface area (Å²) in [5, 5.41) is 8.43. The van der Waals surface area contributed by atoms with Crippen LogP contribution < -0.4 is 0 Å². The van der Waals surface area contributed by atoms with Crippen molar-refractivity contribution < 1.29 is 9.90 Å². The molecular weight excluding hydrogens is 176 g/mol. The van der Waals surface area contributed by atoms with Crippen LogP contribution in [0.4, 0.5) is 0 Å². The number of carbonyl (C=O) groups is 1. The zero-order chi connectivity index (χ0) is 10.6. The van der Waals surface area contributed by atoms with Crippen LogP contribution >= 0.6 is 0 Å². The monoisotopic (exact) mass is 194 g/mol. The van der Waals surface area contributed by atoms with E-state index in [0.717, 1.165) is 19.3 Å². The molecule has 0 unspecified atom stereocenters. The minimum absolute atomic E-state index is 0.0105. The summed E-state index contributed by atoms with van der Waals surface area (Å²) in [6.07, 6.45) is 7.54. The third kappa shape index (κ3) is 9.02. The lowest BCUT2D eigenvalue weighted by molar-refractivity contribution is -0.113. The Morgan fingerprint density at radius 2 is 2.21 bits per heavy atom. The van der Waals surface area contributed by atoms with Crippen LogP contribution in [0.1, 0.15) is 39.0 Å². The van der Waals surface area contributed by atoms with E-state index in [4.69, 9.17) is 5.11 Å². The van der Waals surface area contributed by atoms with Crippen LogP contribution in [0.3, 0.4) is 0 Å². The molecule has 0 saturated heterocycles. The second kappa shape index (κ2) is 10.0. The maximum Gasteiger partial charge on any atom is 0.205 e. The molecule has 0 fully saturated rings. The van der Waals surface area contributed by atoms with Gasteiger partial charge in [-0.05, 0) is 18.8 Å². The number of hydrogen-bond donors (Lipinski definition) is 1. The maximum absolute atomic E-state index is 11.1. The number of carbonyl (C=O) groups excluding carboxylic acids is 1. The quantitative estimate of drug-likeness (QED) is 0.304. The highest BCUT2D eigenvalue weighted by Crippen LogP contribution is 1.93. The van der Waals surface area contributed by atoms with Crippen molar-refractivity contribution >= 4 is 5.78 Å². The molecule has 78 valence electrons. The molecule has 0 aromatic carbocycles. The molecule has 0 aromatic rings. The van der Waals surface area contributed by atoms with E-state index in [2.05, 4.69) is 18.8 Å². The summed E-state index contributed by atoms with van der Waals surface area (Å²) in [6, 6.07) is 0. The Morgan fingerprint density at radius 3 is 2.86 bits per heavy atom. The molecular formula is C12H18O2. The second-order valence-corrected chi connectivity index (χ2v) is 3.02. The number of unbranched alkanes of at least 4 members (excludes halogenated alkanes) is 2. The van der Waals surface area contributed by atoms with Crippen LogP contribution in [-0.4, -0.2) is 17.5 Å². The number of hydrogen-bond acceptors (Lipinski definition) is 2. The van der Waals surface area contributed by atoms with Gasteiger partial charge in [0.1, 0.15) is 0 Å². The van der Waals surface area contributed by atoms with Gasteiger partial charge in [-0.15, -0.1) is 0 Å². The van der Waals surface area contributed by atoms with Crippen LogP contribution in [-0.2, 0) is 4.79 Å². The molecule has 0 saturated carbocycles. The van der Waals surface area contributed by atoms with Gasteiger partial charge in [-0.3, -0.25) is 4.79 Å². The van der Waals surface area contributed by atoms with E-state index in [1.165, 1.54) is 0 Å². The third-order valence-electron chi connectivity index (χ3n) is 1.69. The van der Waals surface area contributed by atoms with Crippen LogP contribution in [0.5, 0.6) is 0 Å². The summed E-state index contributed by atoms with van der Waals surface area (Å²) in [6.45, 7) is 2.14. The molecule has 0 aromatic heterocycles. The van der Waals surface area contributed by atoms with Crippen molar-refractivity contribution in [2.24, 2.45) is 0 Å². The maximum atomic E-state index is 11.1. The molecule has 0 amide bonds. The first-order chi connectivity index (χ1) is 6.81. The van der Waals surface area contributed by atoms with Gasteiger partial charge in [0, 0.05) is 12.8 Å². The molecule has 0 heterocycles. The summed E-state index contributed by atoms with van der Waals surface area (Å²) in [5.74, 6) is 5.45. The Hall–Kier alpha value is -1.07. The fourth-order valence-electron chi connectivity index (χ4n) is 0.896. The van der Waals surface area contributed by atoms with Crippen molar-refractivity contribution in [1.29, 1.82) is 0 Å². The van der Waals surface area contributed by atoms with Gasteiger partial charge >= 0.3 is 0 Å². The summed E-state index contributed by atoms with van der Waals surface area (Å²) in [5.41, 5.74) is 0. The van der Waals surface area contributed by atoms with Gasteiger partial charge < -0.3 is 5.11 Å². The minimum atomic E-state index is -0.0105. The van der Waals surface area contributed by atoms with Crippen LogP contribution in [0.2, 0.25) is 0 Å². The van der Waals surface area contributed by atoms with Gasteiger partial charge in [0.25, 0.3) is 0 Å². The summed E-state index contributed by atoms with van der Waals surface area (Å²) < 4.78 is 0. The predicted octanol–water partition coefficient (Wildman–Crippen LogP) is 2.08. The van der Waals surface area contributed by atoms with E-state index in [1.807, 2.05) is 0 Å². The van der Waals surface area contributed by atoms with Crippen molar-refractivity contribution in [1.82, 2.24) is 0 Å². The Morgan fingerprint density at radius 1 is 1.43 bits per heavy atom. The Bertz CT molecular complexity index is 230. The van der Waals surface area contributed by atoms with Crippen LogP contribution in [0, 0.1) is 11.8 Å². The molecule has 0 aliphatic heterocycles. The molecule has 0 rings (SSSR count). The molecule has 14 heavy (non-hydrogen) atoms. The van der Waals surface area contributed by atoms with Crippen molar-refractivity contribution in [3.63, 3.8) is 0 Å². The molecule has 0 aliphatic carbocycles. The van der Waals surface area contributed by atoms with Gasteiger partial charge in [0.2, 0.25) is 5.78 Å². The molecule has 0 aliphatic rings. The smallest absolute Gasteiger partial charge is 0.205 e. The number of allylic oxidation sites excluding steroid dienone is 1. The molecule has 1 N–H and O–H groups in total. The molecule has 2 heteroatoms. The Kier molecular flexibility index (Phi) is 9.25. The highest BCUT2D eigenvalue weighted by molar-refractivity contribution is 5.95. The van der Waals surface area contributed by atoms with E-state index in [1.54, 1.807) is 12.2 Å². The molecule has 0 bridgehead atoms. The first-order valence-electron chi connectivity index (χ1n) is 5.08. The summed E-state index contributed by atoms with van der Waals surface area (Å²) in [4.78, 5) is 11.1. The normalized spacial score (nSPS) is 9.86. The molecule has 0 atom stereocenters. The summed E-state index contributed by atoms with van der Waals surface area (Å²) >= 11 is 0. The van der Waals surface area contributed by atoms with Crippen LogP contribution in [0.15, 0.2) is 12.2 Å². The largest absolute Gasteiger partial charge is 0.392 e. The fraction of sp³-hybridized carbons (Fsp3) is 0.583. The topological polar surface area (TPSA) is 37.3 Å². The first kappa shape index (κ1) is 12.9. The zero-order valence-corrected chi connectivity index (χ0v) is 8.75. The average Bonchev–Trinajstić information content (AvgIpc) is 2.19. The number of Topliss-reactive ketones (excluding diaryl/α,β-unsaturated/α-hetero) is 1. The Balaban J connectivity index is 3.52. The van der Waals surface area contributed by atoms with Gasteiger partial charge in [-0.1, -0.05) is 31.4 Å². The van der Waals surface area contributed by atoms with Gasteiger partial charge in [-0.25, -0.2) is 0 Å². The number of aliphatic hydroxyl groups is 1. The first-order valence-corrected chi connectivity index (χ1v) is 5.08. The van der Waals surface area contributed by atoms with Gasteiger partial charge in [0.05, 0.1) is 6.61 Å². The standard InChI is InChI=1S/C12H18O2/c1-2-3-4-6-9-12(14)10-7-5-8-11-13/h5,8,13H,2-4,7,10-11H2,1H3/b8-5-. The third-order valence-corrected chi connectivity index (χ3v) is 1.69. The lowest BCUT2D eigenvalue weighted by Gasteiger charge is -1.87. The lowest BCUT2D eigenvalue weighted by Crippen LogP contribution is -1.91. The van der Waals surface area contributed by atoms with Gasteiger partial charge in [-0.2, -0.15) is 0 Å². The predicted molar refractivity (Wildman–Crippen MR) is 57.8 cm³/mol. The molecule has 0 spiro atoms. The second-order valence-electron chi connectivity index (χ2n) is 3.02. The average molecular weight is 194 g/mol. The van der Waals surface area contributed by atoms with E-state index >= 15 is 0 Å². The molecule has 2 nitrogen and oxygen atoms in total. The summed E-state index contributed by atoms with van der Waals surface area (Å²) in [7, 11) is 0. The highest BCUT2D eigenvalue weighted by Gasteiger charge is 1.92.